The van der Waals surface area contributed by atoms with Crippen molar-refractivity contribution in [1.82, 2.24) is 10.2 Å². The van der Waals surface area contributed by atoms with Gasteiger partial charge in [-0.25, -0.2) is 5.10 Å². The number of nitrogens with zero attached hydrogens (tertiary/aromatic N) is 1. The molecule has 116 valence electrons. The second kappa shape index (κ2) is 6.34. The van der Waals surface area contributed by atoms with Gasteiger partial charge in [-0.3, -0.25) is 9.59 Å². The maximum Gasteiger partial charge on any atom is 0.313 e. The highest BCUT2D eigenvalue weighted by atomic mass is 79.9. The van der Waals surface area contributed by atoms with Crippen LogP contribution in [0.2, 0.25) is 0 Å². The monoisotopic (exact) mass is 372 g/mol. The van der Waals surface area contributed by atoms with Gasteiger partial charge in [0.15, 0.2) is 0 Å². The van der Waals surface area contributed by atoms with Crippen LogP contribution in [0.15, 0.2) is 57.8 Å². The molecule has 1 aromatic heterocycles. The Bertz CT molecular complexity index is 919. The standard InChI is InChI=1S/C17H13BrN2O3/c18-11-7-5-10(6-8-11)9-14(17(22)23)15-12-3-1-2-4-13(12)16(21)20-19-15/h1-8,14H,9H2,(H,20,21)(H,22,23). The molecule has 0 fully saturated rings. The van der Waals surface area contributed by atoms with Gasteiger partial charge >= 0.3 is 5.97 Å². The molecule has 5 nitrogen and oxygen atoms in total. The molecule has 3 rings (SSSR count). The lowest BCUT2D eigenvalue weighted by molar-refractivity contribution is -0.138. The van der Waals surface area contributed by atoms with Gasteiger partial charge in [0.2, 0.25) is 0 Å². The zero-order valence-corrected chi connectivity index (χ0v) is 13.6. The highest BCUT2D eigenvalue weighted by molar-refractivity contribution is 9.10. The number of fused-ring (bicyclic) bond motifs is 1. The quantitative estimate of drug-likeness (QED) is 0.736. The van der Waals surface area contributed by atoms with Crippen molar-refractivity contribution in [2.75, 3.05) is 0 Å². The van der Waals surface area contributed by atoms with Gasteiger partial charge in [-0.1, -0.05) is 46.3 Å². The molecule has 0 aliphatic carbocycles. The molecule has 0 radical (unpaired) electrons. The van der Waals surface area contributed by atoms with E-state index in [9.17, 15) is 14.7 Å². The number of rotatable bonds is 4. The average Bonchev–Trinajstić information content (AvgIpc) is 2.55. The van der Waals surface area contributed by atoms with Crippen LogP contribution in [-0.2, 0) is 11.2 Å². The predicted molar refractivity (Wildman–Crippen MR) is 90.6 cm³/mol. The fraction of sp³-hybridized carbons (Fsp3) is 0.118. The van der Waals surface area contributed by atoms with E-state index in [2.05, 4.69) is 26.1 Å². The molecule has 2 aromatic carbocycles. The Morgan fingerprint density at radius 1 is 1.13 bits per heavy atom. The fourth-order valence-corrected chi connectivity index (χ4v) is 2.82. The summed E-state index contributed by atoms with van der Waals surface area (Å²) in [5.41, 5.74) is 0.936. The molecule has 0 aliphatic heterocycles. The van der Waals surface area contributed by atoms with E-state index >= 15 is 0 Å². The molecular formula is C17H13BrN2O3. The number of carbonyl (C=O) groups is 1. The first-order chi connectivity index (χ1) is 11.1. The third kappa shape index (κ3) is 3.17. The number of benzene rings is 2. The van der Waals surface area contributed by atoms with Crippen LogP contribution in [0, 0.1) is 0 Å². The topological polar surface area (TPSA) is 83.0 Å². The van der Waals surface area contributed by atoms with Gasteiger partial charge in [-0.2, -0.15) is 5.10 Å². The van der Waals surface area contributed by atoms with E-state index in [1.54, 1.807) is 24.3 Å². The maximum atomic E-state index is 11.8. The van der Waals surface area contributed by atoms with Crippen molar-refractivity contribution >= 4 is 32.7 Å². The van der Waals surface area contributed by atoms with Crippen LogP contribution in [-0.4, -0.2) is 21.3 Å². The van der Waals surface area contributed by atoms with E-state index in [1.807, 2.05) is 24.3 Å². The molecule has 2 N–H and O–H groups in total. The normalized spacial score (nSPS) is 12.2. The van der Waals surface area contributed by atoms with Gasteiger partial charge in [0.25, 0.3) is 5.56 Å². The number of hydrogen-bond donors (Lipinski definition) is 2. The van der Waals surface area contributed by atoms with E-state index in [-0.39, 0.29) is 5.56 Å². The number of H-pyrrole nitrogens is 1. The van der Waals surface area contributed by atoms with Crippen LogP contribution in [0.4, 0.5) is 0 Å². The molecule has 23 heavy (non-hydrogen) atoms. The summed E-state index contributed by atoms with van der Waals surface area (Å²) in [6, 6.07) is 14.4. The molecule has 0 aliphatic rings. The number of halogens is 1. The molecule has 6 heteroatoms. The lowest BCUT2D eigenvalue weighted by Gasteiger charge is -2.14. The lowest BCUT2D eigenvalue weighted by Crippen LogP contribution is -2.20. The SMILES string of the molecule is O=C(O)C(Cc1ccc(Br)cc1)c1n[nH]c(=O)c2ccccc12. The number of carboxylic acid groups (broad SMARTS) is 1. The zero-order valence-electron chi connectivity index (χ0n) is 12.0. The molecule has 0 saturated heterocycles. The van der Waals surface area contributed by atoms with Crippen molar-refractivity contribution in [2.45, 2.75) is 12.3 Å². The summed E-state index contributed by atoms with van der Waals surface area (Å²) < 4.78 is 0.931. The number of nitrogens with one attached hydrogen (secondary N) is 1. The Labute approximate surface area is 140 Å². The Morgan fingerprint density at radius 2 is 1.78 bits per heavy atom. The van der Waals surface area contributed by atoms with Gasteiger partial charge in [0.05, 0.1) is 11.1 Å². The zero-order chi connectivity index (χ0) is 16.4. The van der Waals surface area contributed by atoms with Crippen molar-refractivity contribution in [3.63, 3.8) is 0 Å². The minimum atomic E-state index is -0.974. The number of aromatic nitrogens is 2. The minimum absolute atomic E-state index is 0.297. The van der Waals surface area contributed by atoms with E-state index < -0.39 is 11.9 Å². The molecule has 0 bridgehead atoms. The number of carboxylic acids is 1. The van der Waals surface area contributed by atoms with Gasteiger partial charge in [0.1, 0.15) is 5.92 Å². The van der Waals surface area contributed by atoms with Crippen LogP contribution in [0.25, 0.3) is 10.8 Å². The largest absolute Gasteiger partial charge is 0.481 e. The summed E-state index contributed by atoms with van der Waals surface area (Å²) in [5, 5.41) is 17.1. The summed E-state index contributed by atoms with van der Waals surface area (Å²) >= 11 is 3.36. The van der Waals surface area contributed by atoms with Crippen molar-refractivity contribution in [2.24, 2.45) is 0 Å². The number of aromatic amines is 1. The summed E-state index contributed by atoms with van der Waals surface area (Å²) in [6.07, 6.45) is 0.297. The van der Waals surface area contributed by atoms with Crippen molar-refractivity contribution < 1.29 is 9.90 Å². The predicted octanol–water partition coefficient (Wildman–Crippen LogP) is 3.10. The van der Waals surface area contributed by atoms with E-state index in [4.69, 9.17) is 0 Å². The van der Waals surface area contributed by atoms with Gasteiger partial charge in [0, 0.05) is 9.86 Å². The Hall–Kier alpha value is -2.47. The molecule has 1 unspecified atom stereocenters. The van der Waals surface area contributed by atoms with Crippen LogP contribution in [0.1, 0.15) is 17.2 Å². The second-order valence-corrected chi connectivity index (χ2v) is 6.12. The van der Waals surface area contributed by atoms with E-state index in [1.165, 1.54) is 0 Å². The molecule has 0 amide bonds. The number of hydrogen-bond acceptors (Lipinski definition) is 3. The summed E-state index contributed by atoms with van der Waals surface area (Å²) in [7, 11) is 0. The van der Waals surface area contributed by atoms with Crippen LogP contribution >= 0.6 is 15.9 Å². The smallest absolute Gasteiger partial charge is 0.313 e. The van der Waals surface area contributed by atoms with Crippen LogP contribution in [0.3, 0.4) is 0 Å². The second-order valence-electron chi connectivity index (χ2n) is 5.20. The lowest BCUT2D eigenvalue weighted by atomic mass is 9.93. The summed E-state index contributed by atoms with van der Waals surface area (Å²) in [6.45, 7) is 0. The van der Waals surface area contributed by atoms with Crippen LogP contribution < -0.4 is 5.56 Å². The maximum absolute atomic E-state index is 11.8. The first kappa shape index (κ1) is 15.4. The highest BCUT2D eigenvalue weighted by Crippen LogP contribution is 2.25. The van der Waals surface area contributed by atoms with E-state index in [0.29, 0.717) is 22.9 Å². The molecular weight excluding hydrogens is 360 g/mol. The fourth-order valence-electron chi connectivity index (χ4n) is 2.56. The highest BCUT2D eigenvalue weighted by Gasteiger charge is 2.24. The molecule has 0 spiro atoms. The summed E-state index contributed by atoms with van der Waals surface area (Å²) in [4.78, 5) is 23.6. The van der Waals surface area contributed by atoms with Gasteiger partial charge in [-0.15, -0.1) is 0 Å². The van der Waals surface area contributed by atoms with Crippen LogP contribution in [0.5, 0.6) is 0 Å². The van der Waals surface area contributed by atoms with Crippen molar-refractivity contribution in [3.8, 4) is 0 Å². The third-order valence-electron chi connectivity index (χ3n) is 3.71. The first-order valence-electron chi connectivity index (χ1n) is 7.01. The summed E-state index contributed by atoms with van der Waals surface area (Å²) in [5.74, 6) is -1.81. The first-order valence-corrected chi connectivity index (χ1v) is 7.80. The molecule has 3 aromatic rings. The van der Waals surface area contributed by atoms with Gasteiger partial charge < -0.3 is 5.11 Å². The Morgan fingerprint density at radius 3 is 2.43 bits per heavy atom. The van der Waals surface area contributed by atoms with E-state index in [0.717, 1.165) is 10.0 Å². The Kier molecular flexibility index (Phi) is 4.25. The van der Waals surface area contributed by atoms with Crippen molar-refractivity contribution in [1.29, 1.82) is 0 Å². The molecule has 1 heterocycles. The Balaban J connectivity index is 2.09. The van der Waals surface area contributed by atoms with Gasteiger partial charge in [-0.05, 0) is 30.2 Å². The average molecular weight is 373 g/mol. The minimum Gasteiger partial charge on any atom is -0.481 e. The molecule has 1 atom stereocenters. The number of aliphatic carboxylic acids is 1. The third-order valence-corrected chi connectivity index (χ3v) is 4.24. The van der Waals surface area contributed by atoms with Crippen molar-refractivity contribution in [3.05, 3.63) is 74.6 Å². The molecule has 0 saturated carbocycles.